The van der Waals surface area contributed by atoms with Crippen LogP contribution in [0.4, 0.5) is 4.39 Å². The smallest absolute Gasteiger partial charge is 0.350 e. The number of alkyl halides is 1. The van der Waals surface area contributed by atoms with E-state index in [4.69, 9.17) is 20.6 Å². The van der Waals surface area contributed by atoms with E-state index in [1.165, 1.54) is 19.5 Å². The van der Waals surface area contributed by atoms with Crippen molar-refractivity contribution in [1.82, 2.24) is 24.7 Å². The molecule has 0 fully saturated rings. The number of nitrogens with zero attached hydrogens (tertiary/aromatic N) is 4. The van der Waals surface area contributed by atoms with E-state index in [1.54, 1.807) is 36.4 Å². The summed E-state index contributed by atoms with van der Waals surface area (Å²) in [5, 5.41) is 12.0. The fourth-order valence-electron chi connectivity index (χ4n) is 3.52. The molecule has 0 radical (unpaired) electrons. The summed E-state index contributed by atoms with van der Waals surface area (Å²) in [5.41, 5.74) is 7.25. The number of amidine groups is 1. The van der Waals surface area contributed by atoms with Gasteiger partial charge in [-0.3, -0.25) is 10.4 Å². The molecular formula is C23H22FN7O3. The minimum absolute atomic E-state index is 0.0326. The lowest BCUT2D eigenvalue weighted by molar-refractivity contribution is 0.191. The molecule has 0 saturated carbocycles. The maximum Gasteiger partial charge on any atom is 0.350 e. The number of hydrogen-bond acceptors (Lipinski definition) is 7. The summed E-state index contributed by atoms with van der Waals surface area (Å²) in [6.07, 6.45) is 3.45. The lowest BCUT2D eigenvalue weighted by Gasteiger charge is -2.17. The number of nitrogens with two attached hydrogens (primary N) is 1. The van der Waals surface area contributed by atoms with Gasteiger partial charge in [-0.2, -0.15) is 0 Å². The van der Waals surface area contributed by atoms with E-state index in [1.807, 2.05) is 12.1 Å². The van der Waals surface area contributed by atoms with Gasteiger partial charge >= 0.3 is 5.69 Å². The Bertz CT molecular complexity index is 1340. The van der Waals surface area contributed by atoms with Gasteiger partial charge < -0.3 is 15.2 Å². The van der Waals surface area contributed by atoms with Crippen molar-refractivity contribution in [3.8, 4) is 17.4 Å². The van der Waals surface area contributed by atoms with Crippen molar-refractivity contribution in [2.75, 3.05) is 14.0 Å². The number of aromatic nitrogens is 5. The van der Waals surface area contributed by atoms with Gasteiger partial charge in [-0.1, -0.05) is 24.3 Å². The fourth-order valence-corrected chi connectivity index (χ4v) is 3.52. The molecule has 2 aromatic carbocycles. The number of benzene rings is 2. The van der Waals surface area contributed by atoms with Crippen LogP contribution in [-0.4, -0.2) is 44.5 Å². The van der Waals surface area contributed by atoms with E-state index in [9.17, 15) is 9.18 Å². The molecule has 4 N–H and O–H groups in total. The first-order valence-electron chi connectivity index (χ1n) is 10.3. The zero-order chi connectivity index (χ0) is 24.1. The Labute approximate surface area is 193 Å². The lowest BCUT2D eigenvalue weighted by atomic mass is 9.90. The van der Waals surface area contributed by atoms with Crippen LogP contribution in [0.1, 0.15) is 28.4 Å². The third kappa shape index (κ3) is 4.93. The molecule has 2 aromatic heterocycles. The molecule has 11 heteroatoms. The Morgan fingerprint density at radius 3 is 2.53 bits per heavy atom. The summed E-state index contributed by atoms with van der Waals surface area (Å²) in [6, 6.07) is 13.8. The SMILES string of the molecule is COc1cc(OCF)cc(C(Cc2ccc(C(=N)N)cc2)c2nn(-c3ncccn3)c(=O)[nH]2)c1. The van der Waals surface area contributed by atoms with Crippen LogP contribution in [-0.2, 0) is 6.42 Å². The predicted octanol–water partition coefficient (Wildman–Crippen LogP) is 2.32. The first-order chi connectivity index (χ1) is 16.5. The van der Waals surface area contributed by atoms with Crippen LogP contribution in [0.3, 0.4) is 0 Å². The molecule has 4 aromatic rings. The Hall–Kier alpha value is -4.54. The standard InChI is InChI=1S/C23H22FN7O3/c1-33-17-10-16(11-18(12-17)34-13-24)19(9-14-3-5-15(6-4-14)20(25)26)21-29-23(32)31(30-21)22-27-7-2-8-28-22/h2-8,10-12,19H,9,13H2,1H3,(H3,25,26)(H,29,30,32). The number of nitrogen functional groups attached to an aromatic ring is 1. The second-order valence-electron chi connectivity index (χ2n) is 7.34. The molecule has 0 spiro atoms. The van der Waals surface area contributed by atoms with Gasteiger partial charge in [0.15, 0.2) is 0 Å². The number of methoxy groups -OCH3 is 1. The zero-order valence-corrected chi connectivity index (χ0v) is 18.2. The number of halogens is 1. The van der Waals surface area contributed by atoms with E-state index in [2.05, 4.69) is 20.1 Å². The second-order valence-corrected chi connectivity index (χ2v) is 7.34. The van der Waals surface area contributed by atoms with Crippen molar-refractivity contribution in [1.29, 1.82) is 5.41 Å². The lowest BCUT2D eigenvalue weighted by Crippen LogP contribution is -2.18. The largest absolute Gasteiger partial charge is 0.497 e. The topological polar surface area (TPSA) is 145 Å². The predicted molar refractivity (Wildman–Crippen MR) is 122 cm³/mol. The average molecular weight is 463 g/mol. The van der Waals surface area contributed by atoms with Crippen LogP contribution in [0.5, 0.6) is 11.5 Å². The van der Waals surface area contributed by atoms with Gasteiger partial charge in [-0.15, -0.1) is 9.78 Å². The first kappa shape index (κ1) is 22.6. The molecule has 0 saturated heterocycles. The highest BCUT2D eigenvalue weighted by Gasteiger charge is 2.23. The highest BCUT2D eigenvalue weighted by Crippen LogP contribution is 2.32. The van der Waals surface area contributed by atoms with Gasteiger partial charge in [-0.25, -0.2) is 19.2 Å². The number of rotatable bonds is 9. The molecule has 1 atom stereocenters. The number of H-pyrrole nitrogens is 1. The van der Waals surface area contributed by atoms with E-state index >= 15 is 0 Å². The van der Waals surface area contributed by atoms with Crippen molar-refractivity contribution in [2.45, 2.75) is 12.3 Å². The van der Waals surface area contributed by atoms with Crippen molar-refractivity contribution in [2.24, 2.45) is 5.73 Å². The maximum atomic E-state index is 12.9. The maximum absolute atomic E-state index is 12.9. The summed E-state index contributed by atoms with van der Waals surface area (Å²) in [5.74, 6) is 0.736. The van der Waals surface area contributed by atoms with Gasteiger partial charge in [0.2, 0.25) is 6.86 Å². The molecule has 0 aliphatic carbocycles. The van der Waals surface area contributed by atoms with Crippen molar-refractivity contribution in [3.63, 3.8) is 0 Å². The summed E-state index contributed by atoms with van der Waals surface area (Å²) < 4.78 is 24.4. The van der Waals surface area contributed by atoms with Gasteiger partial charge in [0.1, 0.15) is 23.2 Å². The molecule has 174 valence electrons. The quantitative estimate of drug-likeness (QED) is 0.255. The van der Waals surface area contributed by atoms with E-state index < -0.39 is 18.5 Å². The molecule has 0 aliphatic heterocycles. The monoisotopic (exact) mass is 463 g/mol. The first-order valence-corrected chi connectivity index (χ1v) is 10.3. The molecule has 34 heavy (non-hydrogen) atoms. The number of ether oxygens (including phenoxy) is 2. The minimum atomic E-state index is -0.999. The summed E-state index contributed by atoms with van der Waals surface area (Å²) >= 11 is 0. The average Bonchev–Trinajstić information content (AvgIpc) is 3.24. The Morgan fingerprint density at radius 2 is 1.88 bits per heavy atom. The van der Waals surface area contributed by atoms with Crippen molar-refractivity contribution >= 4 is 5.84 Å². The summed E-state index contributed by atoms with van der Waals surface area (Å²) in [4.78, 5) is 23.6. The molecular weight excluding hydrogens is 441 g/mol. The zero-order valence-electron chi connectivity index (χ0n) is 18.2. The van der Waals surface area contributed by atoms with Gasteiger partial charge in [0.25, 0.3) is 5.95 Å². The second kappa shape index (κ2) is 9.94. The van der Waals surface area contributed by atoms with E-state index in [0.717, 1.165) is 10.2 Å². The van der Waals surface area contributed by atoms with Crippen LogP contribution in [0.2, 0.25) is 0 Å². The molecule has 2 heterocycles. The van der Waals surface area contributed by atoms with Gasteiger partial charge in [0, 0.05) is 29.9 Å². The highest BCUT2D eigenvalue weighted by atomic mass is 19.1. The van der Waals surface area contributed by atoms with Gasteiger partial charge in [0.05, 0.1) is 7.11 Å². The summed E-state index contributed by atoms with van der Waals surface area (Å²) in [7, 11) is 1.50. The van der Waals surface area contributed by atoms with Crippen LogP contribution in [0.15, 0.2) is 65.7 Å². The highest BCUT2D eigenvalue weighted by molar-refractivity contribution is 5.94. The van der Waals surface area contributed by atoms with E-state index in [-0.39, 0.29) is 17.5 Å². The third-order valence-corrected chi connectivity index (χ3v) is 5.17. The Morgan fingerprint density at radius 1 is 1.18 bits per heavy atom. The fraction of sp³-hybridized carbons (Fsp3) is 0.174. The number of hydrogen-bond donors (Lipinski definition) is 3. The molecule has 1 unspecified atom stereocenters. The molecule has 0 aliphatic rings. The third-order valence-electron chi connectivity index (χ3n) is 5.17. The number of nitrogens with one attached hydrogen (secondary N) is 2. The van der Waals surface area contributed by atoms with Crippen LogP contribution >= 0.6 is 0 Å². The van der Waals surface area contributed by atoms with Crippen molar-refractivity contribution < 1.29 is 13.9 Å². The van der Waals surface area contributed by atoms with Crippen LogP contribution in [0.25, 0.3) is 5.95 Å². The number of aromatic amines is 1. The normalized spacial score (nSPS) is 11.7. The Balaban J connectivity index is 1.80. The van der Waals surface area contributed by atoms with Gasteiger partial charge in [-0.05, 0) is 35.7 Å². The Kier molecular flexibility index (Phi) is 6.62. The molecule has 10 nitrogen and oxygen atoms in total. The minimum Gasteiger partial charge on any atom is -0.497 e. The molecule has 4 rings (SSSR count). The van der Waals surface area contributed by atoms with Crippen LogP contribution < -0.4 is 20.9 Å². The van der Waals surface area contributed by atoms with Crippen molar-refractivity contribution in [3.05, 3.63) is 93.9 Å². The summed E-state index contributed by atoms with van der Waals surface area (Å²) in [6.45, 7) is -0.999. The van der Waals surface area contributed by atoms with Crippen LogP contribution in [0, 0.1) is 5.41 Å². The molecule has 0 amide bonds. The van der Waals surface area contributed by atoms with E-state index in [0.29, 0.717) is 29.1 Å². The molecule has 0 bridgehead atoms.